The molecule has 1 unspecified atom stereocenters. The normalized spacial score (nSPS) is 12.0. The molecule has 4 nitrogen and oxygen atoms in total. The first kappa shape index (κ1) is 19.6. The molecule has 1 rings (SSSR count). The van der Waals surface area contributed by atoms with Crippen LogP contribution in [-0.4, -0.2) is 36.4 Å². The molecule has 2 N–H and O–H groups in total. The summed E-state index contributed by atoms with van der Waals surface area (Å²) in [5, 5.41) is 5.80. The average molecular weight is 337 g/mol. The Labute approximate surface area is 143 Å². The third kappa shape index (κ3) is 7.55. The third-order valence-corrected chi connectivity index (χ3v) is 4.18. The van der Waals surface area contributed by atoms with Crippen LogP contribution in [0.5, 0.6) is 0 Å². The molecule has 128 valence electrons. The van der Waals surface area contributed by atoms with Crippen LogP contribution < -0.4 is 10.6 Å². The monoisotopic (exact) mass is 336 g/mol. The van der Waals surface area contributed by atoms with Crippen LogP contribution in [0, 0.1) is 12.8 Å². The summed E-state index contributed by atoms with van der Waals surface area (Å²) in [7, 11) is 0. The highest BCUT2D eigenvalue weighted by atomic mass is 32.2. The van der Waals surface area contributed by atoms with Crippen molar-refractivity contribution in [1.82, 2.24) is 10.6 Å². The summed E-state index contributed by atoms with van der Waals surface area (Å²) in [5.41, 5.74) is 1.62. The lowest BCUT2D eigenvalue weighted by Gasteiger charge is -2.18. The van der Waals surface area contributed by atoms with E-state index in [4.69, 9.17) is 0 Å². The van der Waals surface area contributed by atoms with E-state index in [0.717, 1.165) is 17.7 Å². The van der Waals surface area contributed by atoms with E-state index in [0.29, 0.717) is 24.4 Å². The second-order valence-corrected chi connectivity index (χ2v) is 7.14. The van der Waals surface area contributed by atoms with Gasteiger partial charge in [0.1, 0.15) is 6.04 Å². The first-order chi connectivity index (χ1) is 10.9. The Hall–Kier alpha value is -1.49. The Kier molecular flexibility index (Phi) is 8.77. The summed E-state index contributed by atoms with van der Waals surface area (Å²) in [6, 6.07) is 6.91. The van der Waals surface area contributed by atoms with Gasteiger partial charge in [-0.25, -0.2) is 0 Å². The molecular formula is C18H28N2O2S. The van der Waals surface area contributed by atoms with Crippen LogP contribution in [0.15, 0.2) is 24.3 Å². The molecule has 0 heterocycles. The van der Waals surface area contributed by atoms with Gasteiger partial charge in [0.25, 0.3) is 5.91 Å². The smallest absolute Gasteiger partial charge is 0.251 e. The first-order valence-corrected chi connectivity index (χ1v) is 9.47. The van der Waals surface area contributed by atoms with Gasteiger partial charge in [0.2, 0.25) is 5.91 Å². The maximum absolute atomic E-state index is 12.4. The van der Waals surface area contributed by atoms with E-state index in [1.807, 2.05) is 31.4 Å². The van der Waals surface area contributed by atoms with Crippen LogP contribution in [0.4, 0.5) is 0 Å². The van der Waals surface area contributed by atoms with Crippen LogP contribution in [0.1, 0.15) is 42.6 Å². The van der Waals surface area contributed by atoms with Gasteiger partial charge in [0.15, 0.2) is 0 Å². The quantitative estimate of drug-likeness (QED) is 0.729. The van der Waals surface area contributed by atoms with Crippen molar-refractivity contribution < 1.29 is 9.59 Å². The summed E-state index contributed by atoms with van der Waals surface area (Å²) >= 11 is 1.67. The van der Waals surface area contributed by atoms with Crippen molar-refractivity contribution in [1.29, 1.82) is 0 Å². The van der Waals surface area contributed by atoms with Gasteiger partial charge >= 0.3 is 0 Å². The van der Waals surface area contributed by atoms with Crippen molar-refractivity contribution >= 4 is 23.6 Å². The number of carbonyl (C=O) groups is 2. The molecule has 5 heteroatoms. The summed E-state index contributed by atoms with van der Waals surface area (Å²) in [5.74, 6) is 1.08. The summed E-state index contributed by atoms with van der Waals surface area (Å²) in [6.07, 6.45) is 3.56. The second-order valence-electron chi connectivity index (χ2n) is 6.15. The Morgan fingerprint density at radius 2 is 1.96 bits per heavy atom. The predicted octanol–water partition coefficient (Wildman–Crippen LogP) is 3.01. The topological polar surface area (TPSA) is 58.2 Å². The molecule has 23 heavy (non-hydrogen) atoms. The van der Waals surface area contributed by atoms with Crippen molar-refractivity contribution in [2.75, 3.05) is 18.6 Å². The standard InChI is InChI=1S/C18H28N2O2S/c1-13(2)8-10-19-18(22)16(9-11-23-4)20-17(21)15-7-5-6-14(3)12-15/h5-7,12-13,16H,8-11H2,1-4H3,(H,19,22)(H,20,21). The lowest BCUT2D eigenvalue weighted by Crippen LogP contribution is -2.47. The second kappa shape index (κ2) is 10.3. The minimum absolute atomic E-state index is 0.0966. The predicted molar refractivity (Wildman–Crippen MR) is 97.9 cm³/mol. The van der Waals surface area contributed by atoms with Gasteiger partial charge in [-0.05, 0) is 49.8 Å². The van der Waals surface area contributed by atoms with E-state index in [-0.39, 0.29) is 11.8 Å². The minimum Gasteiger partial charge on any atom is -0.354 e. The Morgan fingerprint density at radius 1 is 1.22 bits per heavy atom. The van der Waals surface area contributed by atoms with Crippen molar-refractivity contribution in [2.45, 2.75) is 39.7 Å². The molecule has 0 aliphatic rings. The lowest BCUT2D eigenvalue weighted by molar-refractivity contribution is -0.123. The molecule has 0 aliphatic carbocycles. The maximum atomic E-state index is 12.4. The molecule has 0 aromatic heterocycles. The Balaban J connectivity index is 2.65. The van der Waals surface area contributed by atoms with Crippen LogP contribution >= 0.6 is 11.8 Å². The molecule has 1 aromatic carbocycles. The highest BCUT2D eigenvalue weighted by Crippen LogP contribution is 2.07. The SMILES string of the molecule is CSCCC(NC(=O)c1cccc(C)c1)C(=O)NCCC(C)C. The fourth-order valence-electron chi connectivity index (χ4n) is 2.14. The van der Waals surface area contributed by atoms with Crippen molar-refractivity contribution in [3.8, 4) is 0 Å². The molecule has 0 saturated heterocycles. The van der Waals surface area contributed by atoms with Crippen LogP contribution in [0.2, 0.25) is 0 Å². The molecule has 0 radical (unpaired) electrons. The van der Waals surface area contributed by atoms with Gasteiger partial charge in [0, 0.05) is 12.1 Å². The molecule has 1 atom stereocenters. The zero-order valence-electron chi connectivity index (χ0n) is 14.5. The summed E-state index contributed by atoms with van der Waals surface area (Å²) in [4.78, 5) is 24.7. The minimum atomic E-state index is -0.484. The van der Waals surface area contributed by atoms with E-state index in [1.54, 1.807) is 17.8 Å². The lowest BCUT2D eigenvalue weighted by atomic mass is 10.1. The van der Waals surface area contributed by atoms with Gasteiger partial charge < -0.3 is 10.6 Å². The molecular weight excluding hydrogens is 308 g/mol. The van der Waals surface area contributed by atoms with E-state index in [2.05, 4.69) is 24.5 Å². The average Bonchev–Trinajstić information content (AvgIpc) is 2.50. The van der Waals surface area contributed by atoms with Gasteiger partial charge in [-0.1, -0.05) is 31.5 Å². The molecule has 1 aromatic rings. The Bertz CT molecular complexity index is 517. The van der Waals surface area contributed by atoms with Crippen molar-refractivity contribution in [2.24, 2.45) is 5.92 Å². The number of nitrogens with one attached hydrogen (secondary N) is 2. The fourth-order valence-corrected chi connectivity index (χ4v) is 2.61. The number of hydrogen-bond acceptors (Lipinski definition) is 3. The molecule has 2 amide bonds. The van der Waals surface area contributed by atoms with Gasteiger partial charge in [0.05, 0.1) is 0 Å². The molecule has 0 aliphatic heterocycles. The number of amides is 2. The maximum Gasteiger partial charge on any atom is 0.251 e. The fraction of sp³-hybridized carbons (Fsp3) is 0.556. The van der Waals surface area contributed by atoms with Crippen LogP contribution in [0.25, 0.3) is 0 Å². The van der Waals surface area contributed by atoms with Crippen LogP contribution in [-0.2, 0) is 4.79 Å². The molecule has 0 bridgehead atoms. The third-order valence-electron chi connectivity index (χ3n) is 3.53. The van der Waals surface area contributed by atoms with Crippen LogP contribution in [0.3, 0.4) is 0 Å². The number of benzene rings is 1. The van der Waals surface area contributed by atoms with Gasteiger partial charge in [-0.2, -0.15) is 11.8 Å². The summed E-state index contributed by atoms with van der Waals surface area (Å²) in [6.45, 7) is 6.83. The number of carbonyl (C=O) groups excluding carboxylic acids is 2. The van der Waals surface area contributed by atoms with Gasteiger partial charge in [-0.15, -0.1) is 0 Å². The molecule has 0 fully saturated rings. The van der Waals surface area contributed by atoms with E-state index in [1.165, 1.54) is 0 Å². The number of rotatable bonds is 9. The number of thioether (sulfide) groups is 1. The zero-order chi connectivity index (χ0) is 17.2. The number of hydrogen-bond donors (Lipinski definition) is 2. The largest absolute Gasteiger partial charge is 0.354 e. The first-order valence-electron chi connectivity index (χ1n) is 8.08. The van der Waals surface area contributed by atoms with E-state index < -0.39 is 6.04 Å². The van der Waals surface area contributed by atoms with E-state index in [9.17, 15) is 9.59 Å². The highest BCUT2D eigenvalue weighted by molar-refractivity contribution is 7.98. The zero-order valence-corrected chi connectivity index (χ0v) is 15.3. The van der Waals surface area contributed by atoms with Crippen molar-refractivity contribution in [3.05, 3.63) is 35.4 Å². The van der Waals surface area contributed by atoms with E-state index >= 15 is 0 Å². The molecule has 0 saturated carbocycles. The molecule has 0 spiro atoms. The summed E-state index contributed by atoms with van der Waals surface area (Å²) < 4.78 is 0. The number of aryl methyl sites for hydroxylation is 1. The van der Waals surface area contributed by atoms with Crippen molar-refractivity contribution in [3.63, 3.8) is 0 Å². The van der Waals surface area contributed by atoms with Gasteiger partial charge in [-0.3, -0.25) is 9.59 Å². The highest BCUT2D eigenvalue weighted by Gasteiger charge is 2.20. The Morgan fingerprint density at radius 3 is 2.57 bits per heavy atom.